The van der Waals surface area contributed by atoms with Crippen LogP contribution < -0.4 is 10.6 Å². The van der Waals surface area contributed by atoms with Gasteiger partial charge in [-0.1, -0.05) is 57.2 Å². The number of nitrogens with one attached hydrogen (secondary N) is 2. The van der Waals surface area contributed by atoms with Crippen LogP contribution in [0, 0.1) is 0 Å². The summed E-state index contributed by atoms with van der Waals surface area (Å²) in [6.45, 7) is 7.63. The van der Waals surface area contributed by atoms with Crippen molar-refractivity contribution in [3.8, 4) is 5.82 Å². The standard InChI is InChI=1S/C23H27N5O2/c1-16(29)25-18(17-10-6-5-7-11-17)14-22(30)26-21-15-19(23(2,3)4)27-28(21)20-12-8-9-13-24-20/h5-13,15,18H,14H2,1-4H3,(H,25,29)(H,26,30). The largest absolute Gasteiger partial charge is 0.349 e. The Morgan fingerprint density at radius 3 is 2.37 bits per heavy atom. The fraction of sp³-hybridized carbons (Fsp3) is 0.304. The van der Waals surface area contributed by atoms with E-state index in [-0.39, 0.29) is 23.7 Å². The topological polar surface area (TPSA) is 88.9 Å². The van der Waals surface area contributed by atoms with Gasteiger partial charge in [0.25, 0.3) is 0 Å². The molecule has 2 N–H and O–H groups in total. The third-order valence-electron chi connectivity index (χ3n) is 4.58. The highest BCUT2D eigenvalue weighted by atomic mass is 16.2. The first-order chi connectivity index (χ1) is 14.2. The average molecular weight is 406 g/mol. The van der Waals surface area contributed by atoms with Gasteiger partial charge in [-0.3, -0.25) is 9.59 Å². The van der Waals surface area contributed by atoms with Gasteiger partial charge in [0.1, 0.15) is 5.82 Å². The molecule has 1 aromatic carbocycles. The molecule has 0 aliphatic rings. The van der Waals surface area contributed by atoms with Crippen LogP contribution in [-0.4, -0.2) is 26.6 Å². The summed E-state index contributed by atoms with van der Waals surface area (Å²) >= 11 is 0. The summed E-state index contributed by atoms with van der Waals surface area (Å²) in [5.41, 5.74) is 1.52. The highest BCUT2D eigenvalue weighted by molar-refractivity contribution is 5.91. The quantitative estimate of drug-likeness (QED) is 0.653. The fourth-order valence-corrected chi connectivity index (χ4v) is 3.05. The van der Waals surface area contributed by atoms with Crippen molar-refractivity contribution < 1.29 is 9.59 Å². The van der Waals surface area contributed by atoms with Crippen molar-refractivity contribution in [2.75, 3.05) is 5.32 Å². The molecular formula is C23H27N5O2. The van der Waals surface area contributed by atoms with Crippen LogP contribution in [0.25, 0.3) is 5.82 Å². The Morgan fingerprint density at radius 2 is 1.77 bits per heavy atom. The molecule has 0 aliphatic heterocycles. The van der Waals surface area contributed by atoms with Crippen LogP contribution in [-0.2, 0) is 15.0 Å². The van der Waals surface area contributed by atoms with Crippen molar-refractivity contribution in [3.63, 3.8) is 0 Å². The van der Waals surface area contributed by atoms with Crippen molar-refractivity contribution in [2.24, 2.45) is 0 Å². The van der Waals surface area contributed by atoms with E-state index in [2.05, 4.69) is 41.5 Å². The highest BCUT2D eigenvalue weighted by Crippen LogP contribution is 2.26. The number of nitrogens with zero attached hydrogens (tertiary/aromatic N) is 3. The van der Waals surface area contributed by atoms with E-state index >= 15 is 0 Å². The molecule has 3 aromatic rings. The first-order valence-electron chi connectivity index (χ1n) is 9.88. The minimum absolute atomic E-state index is 0.0991. The van der Waals surface area contributed by atoms with E-state index < -0.39 is 6.04 Å². The molecule has 0 bridgehead atoms. The summed E-state index contributed by atoms with van der Waals surface area (Å²) in [4.78, 5) is 28.9. The normalized spacial score (nSPS) is 12.3. The molecule has 2 heterocycles. The van der Waals surface area contributed by atoms with E-state index in [1.54, 1.807) is 10.9 Å². The summed E-state index contributed by atoms with van der Waals surface area (Å²) < 4.78 is 1.63. The van der Waals surface area contributed by atoms with Gasteiger partial charge in [0, 0.05) is 24.6 Å². The smallest absolute Gasteiger partial charge is 0.227 e. The van der Waals surface area contributed by atoms with Crippen molar-refractivity contribution in [3.05, 3.63) is 72.1 Å². The zero-order chi connectivity index (χ0) is 21.7. The Kier molecular flexibility index (Phi) is 6.30. The van der Waals surface area contributed by atoms with E-state index in [1.807, 2.05) is 54.6 Å². The molecule has 7 nitrogen and oxygen atoms in total. The predicted molar refractivity (Wildman–Crippen MR) is 116 cm³/mol. The second-order valence-electron chi connectivity index (χ2n) is 8.18. The van der Waals surface area contributed by atoms with Gasteiger partial charge in [-0.05, 0) is 17.7 Å². The van der Waals surface area contributed by atoms with Crippen LogP contribution in [0.4, 0.5) is 5.82 Å². The van der Waals surface area contributed by atoms with Gasteiger partial charge in [-0.2, -0.15) is 9.78 Å². The Labute approximate surface area is 176 Å². The van der Waals surface area contributed by atoms with E-state index in [4.69, 9.17) is 0 Å². The molecular weight excluding hydrogens is 378 g/mol. The molecule has 1 unspecified atom stereocenters. The third kappa shape index (κ3) is 5.31. The molecule has 0 fully saturated rings. The monoisotopic (exact) mass is 405 g/mol. The highest BCUT2D eigenvalue weighted by Gasteiger charge is 2.23. The second kappa shape index (κ2) is 8.90. The Balaban J connectivity index is 1.86. The number of rotatable bonds is 6. The Morgan fingerprint density at radius 1 is 1.07 bits per heavy atom. The molecule has 2 amide bonds. The molecule has 0 saturated heterocycles. The van der Waals surface area contributed by atoms with Crippen molar-refractivity contribution in [2.45, 2.75) is 45.6 Å². The molecule has 2 aromatic heterocycles. The van der Waals surface area contributed by atoms with Gasteiger partial charge >= 0.3 is 0 Å². The second-order valence-corrected chi connectivity index (χ2v) is 8.18. The molecule has 0 spiro atoms. The average Bonchev–Trinajstić information content (AvgIpc) is 3.12. The predicted octanol–water partition coefficient (Wildman–Crippen LogP) is 3.77. The van der Waals surface area contributed by atoms with Crippen LogP contribution >= 0.6 is 0 Å². The number of amides is 2. The zero-order valence-electron chi connectivity index (χ0n) is 17.7. The lowest BCUT2D eigenvalue weighted by Crippen LogP contribution is -2.30. The van der Waals surface area contributed by atoms with Crippen molar-refractivity contribution in [1.82, 2.24) is 20.1 Å². The number of benzene rings is 1. The van der Waals surface area contributed by atoms with Crippen molar-refractivity contribution >= 4 is 17.6 Å². The van der Waals surface area contributed by atoms with Crippen LogP contribution in [0.5, 0.6) is 0 Å². The maximum Gasteiger partial charge on any atom is 0.227 e. The molecule has 0 radical (unpaired) electrons. The Hall–Kier alpha value is -3.48. The SMILES string of the molecule is CC(=O)NC(CC(=O)Nc1cc(C(C)(C)C)nn1-c1ccccn1)c1ccccc1. The van der Waals surface area contributed by atoms with Gasteiger partial charge in [-0.15, -0.1) is 0 Å². The van der Waals surface area contributed by atoms with Gasteiger partial charge in [0.2, 0.25) is 11.8 Å². The first-order valence-corrected chi connectivity index (χ1v) is 9.88. The van der Waals surface area contributed by atoms with E-state index in [0.717, 1.165) is 11.3 Å². The summed E-state index contributed by atoms with van der Waals surface area (Å²) in [7, 11) is 0. The molecule has 7 heteroatoms. The molecule has 156 valence electrons. The summed E-state index contributed by atoms with van der Waals surface area (Å²) in [6, 6.07) is 16.4. The van der Waals surface area contributed by atoms with Crippen LogP contribution in [0.2, 0.25) is 0 Å². The van der Waals surface area contributed by atoms with E-state index in [1.165, 1.54) is 6.92 Å². The first kappa shape index (κ1) is 21.2. The van der Waals surface area contributed by atoms with Gasteiger partial charge in [0.05, 0.1) is 18.2 Å². The maximum absolute atomic E-state index is 12.9. The molecule has 30 heavy (non-hydrogen) atoms. The molecule has 0 aliphatic carbocycles. The fourth-order valence-electron chi connectivity index (χ4n) is 3.05. The number of pyridine rings is 1. The van der Waals surface area contributed by atoms with Crippen LogP contribution in [0.3, 0.4) is 0 Å². The third-order valence-corrected chi connectivity index (χ3v) is 4.58. The van der Waals surface area contributed by atoms with E-state index in [0.29, 0.717) is 11.6 Å². The van der Waals surface area contributed by atoms with Crippen molar-refractivity contribution in [1.29, 1.82) is 0 Å². The lowest BCUT2D eigenvalue weighted by atomic mass is 9.92. The zero-order valence-corrected chi connectivity index (χ0v) is 17.7. The molecule has 0 saturated carbocycles. The Bertz CT molecular complexity index is 1010. The molecule has 1 atom stereocenters. The number of carbonyl (C=O) groups is 2. The number of aromatic nitrogens is 3. The van der Waals surface area contributed by atoms with Crippen LogP contribution in [0.1, 0.15) is 51.4 Å². The van der Waals surface area contributed by atoms with Gasteiger partial charge in [0.15, 0.2) is 5.82 Å². The summed E-state index contributed by atoms with van der Waals surface area (Å²) in [5.74, 6) is 0.739. The van der Waals surface area contributed by atoms with Crippen LogP contribution in [0.15, 0.2) is 60.8 Å². The number of hydrogen-bond acceptors (Lipinski definition) is 4. The minimum Gasteiger partial charge on any atom is -0.349 e. The van der Waals surface area contributed by atoms with Gasteiger partial charge in [-0.25, -0.2) is 4.98 Å². The summed E-state index contributed by atoms with van der Waals surface area (Å²) in [5, 5.41) is 10.5. The van der Waals surface area contributed by atoms with E-state index in [9.17, 15) is 9.59 Å². The number of carbonyl (C=O) groups excluding carboxylic acids is 2. The number of hydrogen-bond donors (Lipinski definition) is 2. The lowest BCUT2D eigenvalue weighted by Gasteiger charge is -2.18. The summed E-state index contributed by atoms with van der Waals surface area (Å²) in [6.07, 6.45) is 1.78. The minimum atomic E-state index is -0.419. The maximum atomic E-state index is 12.9. The van der Waals surface area contributed by atoms with Gasteiger partial charge < -0.3 is 10.6 Å². The molecule has 3 rings (SSSR count). The number of anilines is 1. The lowest BCUT2D eigenvalue weighted by molar-refractivity contribution is -0.120.